The quantitative estimate of drug-likeness (QED) is 0.577. The Labute approximate surface area is 136 Å². The zero-order valence-electron chi connectivity index (χ0n) is 11.3. The molecular formula is C13H14BrClO5S. The van der Waals surface area contributed by atoms with Crippen LogP contribution >= 0.6 is 26.6 Å². The summed E-state index contributed by atoms with van der Waals surface area (Å²) in [6.07, 6.45) is 0.855. The Morgan fingerprint density at radius 3 is 2.81 bits per heavy atom. The van der Waals surface area contributed by atoms with Gasteiger partial charge in [0.1, 0.15) is 0 Å². The van der Waals surface area contributed by atoms with Gasteiger partial charge in [-0.05, 0) is 47.0 Å². The molecule has 0 bridgehead atoms. The van der Waals surface area contributed by atoms with Crippen molar-refractivity contribution in [3.8, 4) is 0 Å². The smallest absolute Gasteiger partial charge is 0.338 e. The Hall–Kier alpha value is -0.630. The maximum atomic E-state index is 12.0. The first-order valence-electron chi connectivity index (χ1n) is 6.28. The molecule has 1 aliphatic heterocycles. The lowest BCUT2D eigenvalue weighted by atomic mass is 10.1. The third-order valence-electron chi connectivity index (χ3n) is 3.19. The minimum absolute atomic E-state index is 0.139. The van der Waals surface area contributed by atoms with Crippen molar-refractivity contribution in [3.05, 3.63) is 27.7 Å². The van der Waals surface area contributed by atoms with Gasteiger partial charge in [0.15, 0.2) is 0 Å². The van der Waals surface area contributed by atoms with E-state index < -0.39 is 15.0 Å². The lowest BCUT2D eigenvalue weighted by Gasteiger charge is -2.11. The number of ether oxygens (including phenoxy) is 2. The Bertz CT molecular complexity index is 653. The molecule has 0 saturated carbocycles. The molecule has 1 aromatic rings. The fraction of sp³-hybridized carbons (Fsp3) is 0.462. The molecule has 1 heterocycles. The first-order valence-corrected chi connectivity index (χ1v) is 9.39. The van der Waals surface area contributed by atoms with Crippen LogP contribution in [0, 0.1) is 12.8 Å². The average Bonchev–Trinajstić information content (AvgIpc) is 2.90. The summed E-state index contributed by atoms with van der Waals surface area (Å²) in [7, 11) is 1.42. The van der Waals surface area contributed by atoms with Gasteiger partial charge in [0.05, 0.1) is 23.7 Å². The molecule has 8 heteroatoms. The molecule has 1 atom stereocenters. The fourth-order valence-corrected chi connectivity index (χ4v) is 4.18. The van der Waals surface area contributed by atoms with Crippen molar-refractivity contribution in [3.63, 3.8) is 0 Å². The summed E-state index contributed by atoms with van der Waals surface area (Å²) in [6, 6.07) is 2.77. The van der Waals surface area contributed by atoms with Crippen LogP contribution in [0.5, 0.6) is 0 Å². The van der Waals surface area contributed by atoms with Crippen molar-refractivity contribution >= 4 is 41.6 Å². The summed E-state index contributed by atoms with van der Waals surface area (Å²) in [6.45, 7) is 3.19. The van der Waals surface area contributed by atoms with E-state index in [1.54, 1.807) is 13.0 Å². The van der Waals surface area contributed by atoms with Gasteiger partial charge in [-0.3, -0.25) is 0 Å². The second kappa shape index (κ2) is 6.64. The van der Waals surface area contributed by atoms with Crippen LogP contribution in [0.15, 0.2) is 21.5 Å². The molecule has 0 N–H and O–H groups in total. The van der Waals surface area contributed by atoms with E-state index in [4.69, 9.17) is 20.2 Å². The van der Waals surface area contributed by atoms with Gasteiger partial charge in [-0.25, -0.2) is 13.2 Å². The number of hydrogen-bond acceptors (Lipinski definition) is 5. The summed E-state index contributed by atoms with van der Waals surface area (Å²) < 4.78 is 33.8. The third-order valence-corrected chi connectivity index (χ3v) is 5.85. The van der Waals surface area contributed by atoms with Gasteiger partial charge in [0.2, 0.25) is 0 Å². The molecule has 2 rings (SSSR count). The average molecular weight is 398 g/mol. The Morgan fingerprint density at radius 1 is 1.52 bits per heavy atom. The van der Waals surface area contributed by atoms with Gasteiger partial charge in [0, 0.05) is 27.7 Å². The van der Waals surface area contributed by atoms with Crippen molar-refractivity contribution in [2.45, 2.75) is 18.2 Å². The zero-order valence-corrected chi connectivity index (χ0v) is 14.4. The van der Waals surface area contributed by atoms with E-state index >= 15 is 0 Å². The number of carbonyl (C=O) groups excluding carboxylic acids is 1. The number of esters is 1. The standard InChI is InChI=1S/C13H14BrClO5S/c1-8-4-10(5-11(12(8)14)21(15,17)18)13(16)20-7-9-2-3-19-6-9/h4-5,9H,2-3,6-7H2,1H3. The molecule has 0 spiro atoms. The molecule has 1 aromatic carbocycles. The predicted octanol–water partition coefficient (Wildman–Crippen LogP) is 2.88. The lowest BCUT2D eigenvalue weighted by Crippen LogP contribution is -2.15. The van der Waals surface area contributed by atoms with Crippen molar-refractivity contribution in [2.24, 2.45) is 5.92 Å². The van der Waals surface area contributed by atoms with E-state index in [0.29, 0.717) is 23.2 Å². The highest BCUT2D eigenvalue weighted by molar-refractivity contribution is 9.10. The molecule has 0 amide bonds. The van der Waals surface area contributed by atoms with Crippen LogP contribution in [0.4, 0.5) is 0 Å². The summed E-state index contributed by atoms with van der Waals surface area (Å²) >= 11 is 3.16. The van der Waals surface area contributed by atoms with Crippen LogP contribution in [0.3, 0.4) is 0 Å². The van der Waals surface area contributed by atoms with Crippen LogP contribution < -0.4 is 0 Å². The molecule has 5 nitrogen and oxygen atoms in total. The molecule has 21 heavy (non-hydrogen) atoms. The summed E-state index contributed by atoms with van der Waals surface area (Å²) in [5.74, 6) is -0.374. The van der Waals surface area contributed by atoms with Gasteiger partial charge in [-0.2, -0.15) is 0 Å². The first kappa shape index (κ1) is 16.7. The van der Waals surface area contributed by atoms with Crippen LogP contribution in [-0.4, -0.2) is 34.2 Å². The lowest BCUT2D eigenvalue weighted by molar-refractivity contribution is 0.0427. The Kier molecular flexibility index (Phi) is 5.29. The number of benzene rings is 1. The number of carbonyl (C=O) groups is 1. The molecule has 116 valence electrons. The number of hydrogen-bond donors (Lipinski definition) is 0. The zero-order chi connectivity index (χ0) is 15.6. The summed E-state index contributed by atoms with van der Waals surface area (Å²) in [4.78, 5) is 11.9. The second-order valence-electron chi connectivity index (χ2n) is 4.87. The molecule has 1 fully saturated rings. The maximum absolute atomic E-state index is 12.0. The third kappa shape index (κ3) is 4.18. The van der Waals surface area contributed by atoms with Gasteiger partial charge in [0.25, 0.3) is 9.05 Å². The van der Waals surface area contributed by atoms with Crippen LogP contribution in [0.25, 0.3) is 0 Å². The van der Waals surface area contributed by atoms with Crippen molar-refractivity contribution in [2.75, 3.05) is 19.8 Å². The minimum atomic E-state index is -3.95. The van der Waals surface area contributed by atoms with Crippen LogP contribution in [0.1, 0.15) is 22.3 Å². The molecular weight excluding hydrogens is 384 g/mol. The van der Waals surface area contributed by atoms with E-state index in [0.717, 1.165) is 6.42 Å². The van der Waals surface area contributed by atoms with E-state index in [9.17, 15) is 13.2 Å². The number of halogens is 2. The molecule has 0 aliphatic carbocycles. The maximum Gasteiger partial charge on any atom is 0.338 e. The Balaban J connectivity index is 2.19. The number of aryl methyl sites for hydroxylation is 1. The largest absolute Gasteiger partial charge is 0.462 e. The highest BCUT2D eigenvalue weighted by atomic mass is 79.9. The van der Waals surface area contributed by atoms with Gasteiger partial charge < -0.3 is 9.47 Å². The van der Waals surface area contributed by atoms with Crippen LogP contribution in [0.2, 0.25) is 0 Å². The fourth-order valence-electron chi connectivity index (χ4n) is 2.02. The highest BCUT2D eigenvalue weighted by Crippen LogP contribution is 2.30. The van der Waals surface area contributed by atoms with Crippen molar-refractivity contribution in [1.29, 1.82) is 0 Å². The van der Waals surface area contributed by atoms with Gasteiger partial charge in [-0.15, -0.1) is 0 Å². The minimum Gasteiger partial charge on any atom is -0.462 e. The SMILES string of the molecule is Cc1cc(C(=O)OCC2CCOC2)cc(S(=O)(=O)Cl)c1Br. The van der Waals surface area contributed by atoms with E-state index in [-0.39, 0.29) is 23.0 Å². The Morgan fingerprint density at radius 2 is 2.24 bits per heavy atom. The van der Waals surface area contributed by atoms with Gasteiger partial charge >= 0.3 is 5.97 Å². The van der Waals surface area contributed by atoms with Crippen molar-refractivity contribution < 1.29 is 22.7 Å². The molecule has 1 aliphatic rings. The molecule has 0 aromatic heterocycles. The van der Waals surface area contributed by atoms with E-state index in [1.807, 2.05) is 0 Å². The first-order chi connectivity index (χ1) is 9.79. The monoisotopic (exact) mass is 396 g/mol. The van der Waals surface area contributed by atoms with E-state index in [2.05, 4.69) is 15.9 Å². The van der Waals surface area contributed by atoms with Crippen molar-refractivity contribution in [1.82, 2.24) is 0 Å². The number of rotatable bonds is 4. The molecule has 0 radical (unpaired) electrons. The normalized spacial score (nSPS) is 18.7. The molecule has 1 saturated heterocycles. The second-order valence-corrected chi connectivity index (χ2v) is 8.20. The highest BCUT2D eigenvalue weighted by Gasteiger charge is 2.22. The topological polar surface area (TPSA) is 69.7 Å². The van der Waals surface area contributed by atoms with Crippen LogP contribution in [-0.2, 0) is 18.5 Å². The summed E-state index contributed by atoms with van der Waals surface area (Å²) in [5.41, 5.74) is 0.752. The summed E-state index contributed by atoms with van der Waals surface area (Å²) in [5, 5.41) is 0. The van der Waals surface area contributed by atoms with Gasteiger partial charge in [-0.1, -0.05) is 0 Å². The van der Waals surface area contributed by atoms with E-state index in [1.165, 1.54) is 6.07 Å². The predicted molar refractivity (Wildman–Crippen MR) is 81.1 cm³/mol. The molecule has 1 unspecified atom stereocenters.